The van der Waals surface area contributed by atoms with Crippen molar-refractivity contribution in [1.82, 2.24) is 5.32 Å². The number of ether oxygens (including phenoxy) is 1. The predicted molar refractivity (Wildman–Crippen MR) is 65.6 cm³/mol. The lowest BCUT2D eigenvalue weighted by molar-refractivity contribution is -0.125. The van der Waals surface area contributed by atoms with E-state index in [9.17, 15) is 4.79 Å². The number of nitrogens with one attached hydrogen (secondary N) is 1. The molecule has 0 spiro atoms. The van der Waals surface area contributed by atoms with Gasteiger partial charge in [-0.25, -0.2) is 0 Å². The third-order valence-corrected chi connectivity index (χ3v) is 3.09. The Hall–Kier alpha value is -1.10. The first-order valence-electron chi connectivity index (χ1n) is 5.52. The second kappa shape index (κ2) is 5.49. The Morgan fingerprint density at radius 2 is 2.12 bits per heavy atom. The number of benzene rings is 1. The summed E-state index contributed by atoms with van der Waals surface area (Å²) >= 11 is 5.78. The molecule has 2 unspecified atom stereocenters. The minimum Gasteiger partial charge on any atom is -0.379 e. The summed E-state index contributed by atoms with van der Waals surface area (Å²) in [7, 11) is 0. The van der Waals surface area contributed by atoms with E-state index >= 15 is 0 Å². The Kier molecular flexibility index (Phi) is 3.99. The number of carbonyl (C=O) groups is 1. The van der Waals surface area contributed by atoms with Crippen molar-refractivity contribution in [3.63, 3.8) is 0 Å². The van der Waals surface area contributed by atoms with Crippen LogP contribution < -0.4 is 11.1 Å². The molecule has 3 N–H and O–H groups in total. The molecule has 2 atom stereocenters. The van der Waals surface area contributed by atoms with Crippen molar-refractivity contribution in [2.75, 3.05) is 13.2 Å². The Morgan fingerprint density at radius 3 is 2.71 bits per heavy atom. The number of hydrogen-bond donors (Lipinski definition) is 2. The van der Waals surface area contributed by atoms with Gasteiger partial charge in [-0.3, -0.25) is 4.79 Å². The van der Waals surface area contributed by atoms with Crippen LogP contribution in [0.15, 0.2) is 24.3 Å². The lowest BCUT2D eigenvalue weighted by Gasteiger charge is -2.13. The van der Waals surface area contributed by atoms with Gasteiger partial charge in [-0.1, -0.05) is 23.7 Å². The van der Waals surface area contributed by atoms with Crippen LogP contribution in [-0.2, 0) is 16.1 Å². The molecule has 0 radical (unpaired) electrons. The van der Waals surface area contributed by atoms with Crippen LogP contribution in [0.3, 0.4) is 0 Å². The van der Waals surface area contributed by atoms with Crippen molar-refractivity contribution in [3.05, 3.63) is 34.9 Å². The number of carbonyl (C=O) groups excluding carboxylic acids is 1. The SMILES string of the molecule is NC1COCC1C(=O)NCc1ccc(Cl)cc1. The highest BCUT2D eigenvalue weighted by molar-refractivity contribution is 6.30. The summed E-state index contributed by atoms with van der Waals surface area (Å²) in [5, 5.41) is 3.54. The average Bonchev–Trinajstić information content (AvgIpc) is 2.74. The Morgan fingerprint density at radius 1 is 1.41 bits per heavy atom. The fourth-order valence-corrected chi connectivity index (χ4v) is 1.89. The summed E-state index contributed by atoms with van der Waals surface area (Å²) < 4.78 is 5.15. The zero-order valence-corrected chi connectivity index (χ0v) is 10.1. The van der Waals surface area contributed by atoms with E-state index in [1.54, 1.807) is 12.1 Å². The summed E-state index contributed by atoms with van der Waals surface area (Å²) in [6.07, 6.45) is 0. The fraction of sp³-hybridized carbons (Fsp3) is 0.417. The highest BCUT2D eigenvalue weighted by Crippen LogP contribution is 2.12. The van der Waals surface area contributed by atoms with Crippen molar-refractivity contribution in [3.8, 4) is 0 Å². The second-order valence-electron chi connectivity index (χ2n) is 4.15. The Balaban J connectivity index is 1.85. The van der Waals surface area contributed by atoms with Gasteiger partial charge in [0.05, 0.1) is 19.1 Å². The van der Waals surface area contributed by atoms with Gasteiger partial charge >= 0.3 is 0 Å². The normalized spacial score (nSPS) is 23.6. The van der Waals surface area contributed by atoms with Crippen LogP contribution in [0.2, 0.25) is 5.02 Å². The topological polar surface area (TPSA) is 64.3 Å². The summed E-state index contributed by atoms with van der Waals surface area (Å²) in [6.45, 7) is 1.35. The van der Waals surface area contributed by atoms with Gasteiger partial charge in [0.15, 0.2) is 0 Å². The largest absolute Gasteiger partial charge is 0.379 e. The molecule has 1 heterocycles. The van der Waals surface area contributed by atoms with Crippen molar-refractivity contribution in [2.24, 2.45) is 11.7 Å². The molecule has 0 bridgehead atoms. The number of amides is 1. The molecule has 1 amide bonds. The maximum Gasteiger partial charge on any atom is 0.227 e. The Labute approximate surface area is 105 Å². The van der Waals surface area contributed by atoms with E-state index in [4.69, 9.17) is 22.1 Å². The number of halogens is 1. The average molecular weight is 255 g/mol. The molecule has 1 aromatic carbocycles. The molecule has 4 nitrogen and oxygen atoms in total. The van der Waals surface area contributed by atoms with Gasteiger partial charge in [0, 0.05) is 17.6 Å². The number of rotatable bonds is 3. The maximum absolute atomic E-state index is 11.8. The van der Waals surface area contributed by atoms with Gasteiger partial charge < -0.3 is 15.8 Å². The van der Waals surface area contributed by atoms with Crippen molar-refractivity contribution < 1.29 is 9.53 Å². The lowest BCUT2D eigenvalue weighted by Crippen LogP contribution is -2.40. The van der Waals surface area contributed by atoms with Crippen molar-refractivity contribution in [2.45, 2.75) is 12.6 Å². The van der Waals surface area contributed by atoms with Gasteiger partial charge in [-0.05, 0) is 17.7 Å². The van der Waals surface area contributed by atoms with Crippen LogP contribution in [0, 0.1) is 5.92 Å². The highest BCUT2D eigenvalue weighted by atomic mass is 35.5. The number of nitrogens with two attached hydrogens (primary N) is 1. The molecule has 0 saturated carbocycles. The van der Waals surface area contributed by atoms with Gasteiger partial charge in [-0.15, -0.1) is 0 Å². The van der Waals surface area contributed by atoms with E-state index in [1.807, 2.05) is 12.1 Å². The van der Waals surface area contributed by atoms with Gasteiger partial charge in [0.1, 0.15) is 0 Å². The molecule has 1 fully saturated rings. The van der Waals surface area contributed by atoms with Gasteiger partial charge in [-0.2, -0.15) is 0 Å². The van der Waals surface area contributed by atoms with Crippen molar-refractivity contribution >= 4 is 17.5 Å². The third-order valence-electron chi connectivity index (χ3n) is 2.84. The minimum absolute atomic E-state index is 0.0510. The predicted octanol–water partition coefficient (Wildman–Crippen LogP) is 0.930. The third kappa shape index (κ3) is 3.19. The highest BCUT2D eigenvalue weighted by Gasteiger charge is 2.30. The molecule has 1 aromatic rings. The van der Waals surface area contributed by atoms with Crippen LogP contribution in [0.1, 0.15) is 5.56 Å². The van der Waals surface area contributed by atoms with Crippen LogP contribution in [0.25, 0.3) is 0 Å². The molecule has 1 aliphatic rings. The monoisotopic (exact) mass is 254 g/mol. The standard InChI is InChI=1S/C12H15ClN2O2/c13-9-3-1-8(2-4-9)5-15-12(16)10-6-17-7-11(10)14/h1-4,10-11H,5-7,14H2,(H,15,16). The smallest absolute Gasteiger partial charge is 0.227 e. The first kappa shape index (κ1) is 12.4. The first-order valence-corrected chi connectivity index (χ1v) is 5.90. The maximum atomic E-state index is 11.8. The molecule has 2 rings (SSSR count). The van der Waals surface area contributed by atoms with Crippen LogP contribution in [0.5, 0.6) is 0 Å². The van der Waals surface area contributed by atoms with E-state index < -0.39 is 0 Å². The summed E-state index contributed by atoms with van der Waals surface area (Å²) in [5.74, 6) is -0.285. The summed E-state index contributed by atoms with van der Waals surface area (Å²) in [4.78, 5) is 11.8. The fourth-order valence-electron chi connectivity index (χ4n) is 1.76. The molecule has 17 heavy (non-hydrogen) atoms. The Bertz CT molecular complexity index is 394. The summed E-state index contributed by atoms with van der Waals surface area (Å²) in [5.41, 5.74) is 6.77. The lowest BCUT2D eigenvalue weighted by atomic mass is 10.0. The van der Waals surface area contributed by atoms with Gasteiger partial charge in [0.2, 0.25) is 5.91 Å². The van der Waals surface area contributed by atoms with Crippen LogP contribution >= 0.6 is 11.6 Å². The molecule has 5 heteroatoms. The molecular formula is C12H15ClN2O2. The van der Waals surface area contributed by atoms with E-state index in [1.165, 1.54) is 0 Å². The quantitative estimate of drug-likeness (QED) is 0.844. The molecule has 1 saturated heterocycles. The zero-order chi connectivity index (χ0) is 12.3. The number of hydrogen-bond acceptors (Lipinski definition) is 3. The zero-order valence-electron chi connectivity index (χ0n) is 9.36. The molecule has 0 aromatic heterocycles. The summed E-state index contributed by atoms with van der Waals surface area (Å²) in [6, 6.07) is 7.17. The molecule has 0 aliphatic carbocycles. The molecular weight excluding hydrogens is 240 g/mol. The molecule has 92 valence electrons. The van der Waals surface area contributed by atoms with Crippen molar-refractivity contribution in [1.29, 1.82) is 0 Å². The van der Waals surface area contributed by atoms with E-state index in [0.29, 0.717) is 24.8 Å². The van der Waals surface area contributed by atoms with E-state index in [-0.39, 0.29) is 17.9 Å². The second-order valence-corrected chi connectivity index (χ2v) is 4.59. The van der Waals surface area contributed by atoms with Crippen LogP contribution in [0.4, 0.5) is 0 Å². The van der Waals surface area contributed by atoms with E-state index in [0.717, 1.165) is 5.56 Å². The molecule has 1 aliphatic heterocycles. The first-order chi connectivity index (χ1) is 8.16. The van der Waals surface area contributed by atoms with E-state index in [2.05, 4.69) is 5.32 Å². The van der Waals surface area contributed by atoms with Gasteiger partial charge in [0.25, 0.3) is 0 Å². The van der Waals surface area contributed by atoms with Crippen LogP contribution in [-0.4, -0.2) is 25.2 Å². The minimum atomic E-state index is -0.234.